The summed E-state index contributed by atoms with van der Waals surface area (Å²) in [6.45, 7) is 7.35. The van der Waals surface area contributed by atoms with Crippen molar-refractivity contribution >= 4 is 77.1 Å². The fourth-order valence-corrected chi connectivity index (χ4v) is 7.53. The number of fused-ring (bicyclic) bond motifs is 2. The van der Waals surface area contributed by atoms with Gasteiger partial charge in [0.2, 0.25) is 0 Å². The lowest BCUT2D eigenvalue weighted by Crippen LogP contribution is -2.24. The van der Waals surface area contributed by atoms with Gasteiger partial charge in [0, 0.05) is 12.4 Å². The molecule has 15 nitrogen and oxygen atoms in total. The Hall–Kier alpha value is -6.56. The quantitative estimate of drug-likeness (QED) is 0.0676. The highest BCUT2D eigenvalue weighted by atomic mass is 32.2. The van der Waals surface area contributed by atoms with Gasteiger partial charge in [-0.3, -0.25) is 8.86 Å². The van der Waals surface area contributed by atoms with Crippen molar-refractivity contribution in [3.63, 3.8) is 0 Å². The molecule has 4 N–H and O–H groups in total. The predicted molar refractivity (Wildman–Crippen MR) is 214 cm³/mol. The molecule has 0 spiro atoms. The molecule has 0 aliphatic rings. The number of rotatable bonds is 10. The summed E-state index contributed by atoms with van der Waals surface area (Å²) >= 11 is -1.87. The molecular weight excluding hydrogens is 757 g/mol. The molecule has 284 valence electrons. The van der Waals surface area contributed by atoms with E-state index in [9.17, 15) is 22.3 Å². The summed E-state index contributed by atoms with van der Waals surface area (Å²) in [5, 5.41) is 34.4. The van der Waals surface area contributed by atoms with Gasteiger partial charge in [-0.25, -0.2) is 0 Å². The molecule has 0 saturated heterocycles. The van der Waals surface area contributed by atoms with Crippen molar-refractivity contribution in [1.29, 1.82) is 0 Å². The summed E-state index contributed by atoms with van der Waals surface area (Å²) in [6.07, 6.45) is 0. The molecule has 7 rings (SSSR count). The zero-order valence-corrected chi connectivity index (χ0v) is 32.3. The SMILES string of the molecule is Cc1cc(N(C)S(=O)Oc2ccc(N=Nc3c(C)cc4cc(S(=O)(=O)O)c(N=Nc5ccccc5-c5nc(C)no5)c(O)c4c3N)cc2)c2cccc(C)c2c1. The van der Waals surface area contributed by atoms with Gasteiger partial charge in [-0.2, -0.15) is 22.7 Å². The molecule has 56 heavy (non-hydrogen) atoms. The monoisotopic (exact) mass is 790 g/mol. The van der Waals surface area contributed by atoms with E-state index in [-0.39, 0.29) is 33.7 Å². The van der Waals surface area contributed by atoms with Gasteiger partial charge in [-0.1, -0.05) is 41.6 Å². The van der Waals surface area contributed by atoms with E-state index in [4.69, 9.17) is 14.4 Å². The van der Waals surface area contributed by atoms with Crippen LogP contribution in [-0.2, 0) is 21.4 Å². The van der Waals surface area contributed by atoms with Gasteiger partial charge >= 0.3 is 11.3 Å². The van der Waals surface area contributed by atoms with Gasteiger partial charge in [-0.15, -0.1) is 15.3 Å². The van der Waals surface area contributed by atoms with Crippen LogP contribution in [0.3, 0.4) is 0 Å². The van der Waals surface area contributed by atoms with E-state index in [1.54, 1.807) is 79.8 Å². The number of hydrogen-bond acceptors (Lipinski definition) is 13. The first-order valence-corrected chi connectivity index (χ1v) is 19.4. The average molecular weight is 791 g/mol. The Kier molecular flexibility index (Phi) is 10.1. The lowest BCUT2D eigenvalue weighted by atomic mass is 10.0. The summed E-state index contributed by atoms with van der Waals surface area (Å²) < 4.78 is 61.1. The van der Waals surface area contributed by atoms with Crippen molar-refractivity contribution in [1.82, 2.24) is 10.1 Å². The largest absolute Gasteiger partial charge is 0.505 e. The van der Waals surface area contributed by atoms with E-state index < -0.39 is 37.7 Å². The molecule has 17 heteroatoms. The number of azo groups is 2. The van der Waals surface area contributed by atoms with Gasteiger partial charge in [0.1, 0.15) is 22.0 Å². The van der Waals surface area contributed by atoms with Crippen molar-refractivity contribution in [2.24, 2.45) is 20.5 Å². The second-order valence-electron chi connectivity index (χ2n) is 12.9. The van der Waals surface area contributed by atoms with Crippen LogP contribution < -0.4 is 14.2 Å². The molecule has 1 heterocycles. The van der Waals surface area contributed by atoms with E-state index in [2.05, 4.69) is 36.7 Å². The highest BCUT2D eigenvalue weighted by Gasteiger charge is 2.25. The van der Waals surface area contributed by atoms with Crippen LogP contribution >= 0.6 is 0 Å². The number of nitrogens with two attached hydrogens (primary N) is 1. The van der Waals surface area contributed by atoms with E-state index in [1.165, 1.54) is 0 Å². The molecule has 0 fully saturated rings. The van der Waals surface area contributed by atoms with E-state index >= 15 is 0 Å². The van der Waals surface area contributed by atoms with Crippen LogP contribution in [0.25, 0.3) is 33.0 Å². The smallest absolute Gasteiger partial charge is 0.318 e. The maximum Gasteiger partial charge on any atom is 0.318 e. The fourth-order valence-electron chi connectivity index (χ4n) is 6.17. The minimum Gasteiger partial charge on any atom is -0.505 e. The van der Waals surface area contributed by atoms with Gasteiger partial charge in [0.25, 0.3) is 16.0 Å². The number of phenols is 1. The Morgan fingerprint density at radius 3 is 2.29 bits per heavy atom. The summed E-state index contributed by atoms with van der Waals surface area (Å²) in [7, 11) is -3.20. The van der Waals surface area contributed by atoms with Crippen LogP contribution in [0, 0.1) is 27.7 Å². The second-order valence-corrected chi connectivity index (χ2v) is 15.4. The van der Waals surface area contributed by atoms with Crippen LogP contribution in [0.4, 0.5) is 34.1 Å². The number of benzene rings is 6. The third-order valence-electron chi connectivity index (χ3n) is 8.91. The molecule has 6 aromatic carbocycles. The molecular formula is C39H34N8O7S2. The second kappa shape index (κ2) is 14.9. The first kappa shape index (κ1) is 37.7. The van der Waals surface area contributed by atoms with Crippen LogP contribution in [0.2, 0.25) is 0 Å². The van der Waals surface area contributed by atoms with Crippen molar-refractivity contribution in [3.8, 4) is 23.0 Å². The highest BCUT2D eigenvalue weighted by molar-refractivity contribution is 7.86. The lowest BCUT2D eigenvalue weighted by Gasteiger charge is -2.20. The van der Waals surface area contributed by atoms with Crippen molar-refractivity contribution in [3.05, 3.63) is 114 Å². The Morgan fingerprint density at radius 1 is 0.839 bits per heavy atom. The van der Waals surface area contributed by atoms with Crippen LogP contribution in [0.15, 0.2) is 121 Å². The number of aromatic nitrogens is 2. The predicted octanol–water partition coefficient (Wildman–Crippen LogP) is 9.74. The fraction of sp³-hybridized carbons (Fsp3) is 0.128. The maximum absolute atomic E-state index is 13.3. The standard InChI is InChI=1S/C39H34N8O7S2/c1-21-17-30-22(2)9-8-11-28(30)32(18-21)47(5)55(49)54-27-15-13-26(14-16-27)42-44-36-23(3)19-25-20-33(56(50,51)52)37(38(48)34(25)35(36)40)45-43-31-12-7-6-10-29(31)39-41-24(4)46-53-39/h6-20,48H,40H2,1-5H3,(H,50,51,52). The number of aromatic hydroxyl groups is 1. The number of phenolic OH excluding ortho intramolecular Hbond substituents is 1. The van der Waals surface area contributed by atoms with Gasteiger partial charge in [-0.05, 0) is 110 Å². The highest BCUT2D eigenvalue weighted by Crippen LogP contribution is 2.47. The van der Waals surface area contributed by atoms with Crippen molar-refractivity contribution in [2.45, 2.75) is 32.6 Å². The van der Waals surface area contributed by atoms with Crippen LogP contribution in [-0.4, -0.2) is 39.5 Å². The van der Waals surface area contributed by atoms with Gasteiger partial charge in [0.05, 0.1) is 33.7 Å². The minimum absolute atomic E-state index is 0.0126. The molecule has 7 aromatic rings. The van der Waals surface area contributed by atoms with Crippen LogP contribution in [0.1, 0.15) is 22.5 Å². The normalized spacial score (nSPS) is 12.6. The molecule has 1 aromatic heterocycles. The maximum atomic E-state index is 13.3. The zero-order valence-electron chi connectivity index (χ0n) is 30.6. The first-order valence-electron chi connectivity index (χ1n) is 16.9. The van der Waals surface area contributed by atoms with Crippen molar-refractivity contribution in [2.75, 3.05) is 17.1 Å². The van der Waals surface area contributed by atoms with Gasteiger partial charge < -0.3 is 19.5 Å². The van der Waals surface area contributed by atoms with Crippen molar-refractivity contribution < 1.29 is 31.0 Å². The van der Waals surface area contributed by atoms with E-state index in [0.29, 0.717) is 28.4 Å². The molecule has 0 saturated carbocycles. The number of aryl methyl sites for hydroxylation is 4. The Morgan fingerprint density at radius 2 is 1.57 bits per heavy atom. The topological polar surface area (TPSA) is 219 Å². The number of nitrogen functional groups attached to an aromatic ring is 1. The van der Waals surface area contributed by atoms with E-state index in [1.807, 2.05) is 38.1 Å². The summed E-state index contributed by atoms with van der Waals surface area (Å²) in [6, 6.07) is 25.8. The minimum atomic E-state index is -4.90. The van der Waals surface area contributed by atoms with E-state index in [0.717, 1.165) is 33.7 Å². The molecule has 1 atom stereocenters. The third-order valence-corrected chi connectivity index (χ3v) is 10.8. The summed E-state index contributed by atoms with van der Waals surface area (Å²) in [4.78, 5) is 3.51. The molecule has 0 radical (unpaired) electrons. The molecule has 0 aliphatic heterocycles. The molecule has 0 amide bonds. The van der Waals surface area contributed by atoms with Gasteiger partial charge in [0.15, 0.2) is 11.6 Å². The number of nitrogens with zero attached hydrogens (tertiary/aromatic N) is 7. The molecule has 1 unspecified atom stereocenters. The Bertz CT molecular complexity index is 2880. The average Bonchev–Trinajstić information content (AvgIpc) is 3.60. The summed E-state index contributed by atoms with van der Waals surface area (Å²) in [5.74, 6) is 0.208. The Balaban J connectivity index is 1.17. The van der Waals surface area contributed by atoms with Crippen LogP contribution in [0.5, 0.6) is 11.5 Å². The third kappa shape index (κ3) is 7.42. The summed E-state index contributed by atoms with van der Waals surface area (Å²) in [5.41, 5.74) is 10.6. The zero-order chi connectivity index (χ0) is 39.9. The number of hydrogen-bond donors (Lipinski definition) is 3. The Labute approximate surface area is 323 Å². The lowest BCUT2D eigenvalue weighted by molar-refractivity contribution is 0.425. The molecule has 0 aliphatic carbocycles. The molecule has 0 bridgehead atoms. The number of anilines is 2. The first-order chi connectivity index (χ1) is 26.7.